The highest BCUT2D eigenvalue weighted by molar-refractivity contribution is 5.90. The van der Waals surface area contributed by atoms with Gasteiger partial charge in [0.1, 0.15) is 0 Å². The summed E-state index contributed by atoms with van der Waals surface area (Å²) >= 11 is 0. The van der Waals surface area contributed by atoms with Gasteiger partial charge in [0.25, 0.3) is 0 Å². The summed E-state index contributed by atoms with van der Waals surface area (Å²) in [5.41, 5.74) is 5.09. The van der Waals surface area contributed by atoms with Crippen molar-refractivity contribution in [3.63, 3.8) is 0 Å². The van der Waals surface area contributed by atoms with E-state index in [9.17, 15) is 14.7 Å². The van der Waals surface area contributed by atoms with E-state index in [1.54, 1.807) is 5.48 Å². The molecule has 3 atom stereocenters. The summed E-state index contributed by atoms with van der Waals surface area (Å²) in [5, 5.41) is 21.1. The van der Waals surface area contributed by atoms with E-state index in [1.807, 2.05) is 54.6 Å². The number of aliphatic hydroxyl groups excluding tert-OH is 1. The molecule has 1 aliphatic carbocycles. The molecule has 1 aliphatic heterocycles. The maximum atomic E-state index is 12.6. The number of nitrogens with one attached hydrogen (secondary N) is 2. The van der Waals surface area contributed by atoms with E-state index < -0.39 is 6.29 Å². The molecule has 1 saturated heterocycles. The largest absolute Gasteiger partial charge is 0.392 e. The number of anilines is 1. The van der Waals surface area contributed by atoms with Crippen LogP contribution in [0.3, 0.4) is 0 Å². The number of carbonyl (C=O) groups is 2. The lowest BCUT2D eigenvalue weighted by atomic mass is 9.99. The fraction of sp³-hybridized carbons (Fsp3) is 0.529. The summed E-state index contributed by atoms with van der Waals surface area (Å²) in [6, 6.07) is 16.1. The van der Waals surface area contributed by atoms with Crippen molar-refractivity contribution in [2.24, 2.45) is 0 Å². The van der Waals surface area contributed by atoms with E-state index in [0.29, 0.717) is 24.6 Å². The van der Waals surface area contributed by atoms with Crippen LogP contribution in [0.25, 0.3) is 0 Å². The Kier molecular flexibility index (Phi) is 13.2. The number of benzene rings is 2. The molecule has 2 aromatic rings. The predicted molar refractivity (Wildman–Crippen MR) is 165 cm³/mol. The quantitative estimate of drug-likeness (QED) is 0.0823. The molecule has 2 aliphatic rings. The lowest BCUT2D eigenvalue weighted by Gasteiger charge is -2.39. The summed E-state index contributed by atoms with van der Waals surface area (Å²) in [6.45, 7) is 5.62. The molecular weight excluding hydrogens is 546 g/mol. The molecule has 2 amide bonds. The van der Waals surface area contributed by atoms with Crippen LogP contribution in [-0.4, -0.2) is 52.3 Å². The summed E-state index contributed by atoms with van der Waals surface area (Å²) in [4.78, 5) is 26.2. The molecule has 234 valence electrons. The molecule has 0 radical (unpaired) electrons. The molecule has 9 nitrogen and oxygen atoms in total. The van der Waals surface area contributed by atoms with Crippen LogP contribution in [0.2, 0.25) is 0 Å². The molecule has 9 heteroatoms. The van der Waals surface area contributed by atoms with Crippen LogP contribution in [0, 0.1) is 0 Å². The van der Waals surface area contributed by atoms with Gasteiger partial charge < -0.3 is 19.9 Å². The van der Waals surface area contributed by atoms with E-state index in [1.165, 1.54) is 25.7 Å². The lowest BCUT2D eigenvalue weighted by Crippen LogP contribution is -2.43. The number of hydrogen-bond acceptors (Lipinski definition) is 7. The van der Waals surface area contributed by atoms with Crippen LogP contribution in [-0.2, 0) is 25.7 Å². The number of unbranched alkanes of at least 4 members (excludes halogenated alkanes) is 3. The van der Waals surface area contributed by atoms with Crippen molar-refractivity contribution in [3.8, 4) is 0 Å². The van der Waals surface area contributed by atoms with E-state index in [-0.39, 0.29) is 37.0 Å². The summed E-state index contributed by atoms with van der Waals surface area (Å²) in [7, 11) is 0. The highest BCUT2D eigenvalue weighted by Gasteiger charge is 2.34. The number of hydrogen-bond donors (Lipinski definition) is 4. The second-order valence-corrected chi connectivity index (χ2v) is 11.7. The third-order valence-corrected chi connectivity index (χ3v) is 8.38. The molecule has 0 spiro atoms. The molecule has 43 heavy (non-hydrogen) atoms. The summed E-state index contributed by atoms with van der Waals surface area (Å²) in [6.07, 6.45) is 10.5. The normalized spacial score (nSPS) is 20.7. The number of ether oxygens (including phenoxy) is 2. The Morgan fingerprint density at radius 3 is 2.35 bits per heavy atom. The highest BCUT2D eigenvalue weighted by Crippen LogP contribution is 2.39. The predicted octanol–water partition coefficient (Wildman–Crippen LogP) is 5.94. The first-order chi connectivity index (χ1) is 21.0. The van der Waals surface area contributed by atoms with Crippen molar-refractivity contribution < 1.29 is 29.4 Å². The third kappa shape index (κ3) is 10.3. The molecule has 3 unspecified atom stereocenters. The van der Waals surface area contributed by atoms with Crippen LogP contribution in [0.15, 0.2) is 61.2 Å². The van der Waals surface area contributed by atoms with E-state index in [2.05, 4.69) is 16.8 Å². The number of rotatable bonds is 16. The molecule has 4 N–H and O–H groups in total. The minimum absolute atomic E-state index is 0.0000695. The monoisotopic (exact) mass is 593 g/mol. The van der Waals surface area contributed by atoms with Crippen LogP contribution in [0.4, 0.5) is 5.69 Å². The Labute approximate surface area is 255 Å². The van der Waals surface area contributed by atoms with Crippen LogP contribution >= 0.6 is 0 Å². The summed E-state index contributed by atoms with van der Waals surface area (Å²) in [5.74, 6) is -0.448. The van der Waals surface area contributed by atoms with Crippen molar-refractivity contribution in [3.05, 3.63) is 77.9 Å². The van der Waals surface area contributed by atoms with Crippen molar-refractivity contribution in [2.45, 2.75) is 102 Å². The number of aliphatic hydroxyl groups is 1. The first-order valence-corrected chi connectivity index (χ1v) is 15.7. The van der Waals surface area contributed by atoms with Crippen molar-refractivity contribution in [1.29, 1.82) is 0 Å². The number of amides is 2. The van der Waals surface area contributed by atoms with E-state index >= 15 is 0 Å². The zero-order valence-corrected chi connectivity index (χ0v) is 25.1. The fourth-order valence-corrected chi connectivity index (χ4v) is 6.07. The van der Waals surface area contributed by atoms with Gasteiger partial charge in [-0.25, -0.2) is 5.48 Å². The number of carbonyl (C=O) groups excluding carboxylic acids is 2. The van der Waals surface area contributed by atoms with Crippen LogP contribution < -0.4 is 10.8 Å². The molecule has 2 fully saturated rings. The highest BCUT2D eigenvalue weighted by atomic mass is 16.7. The van der Waals surface area contributed by atoms with Crippen molar-refractivity contribution in [1.82, 2.24) is 10.4 Å². The standard InChI is InChI=1S/C34H47N3O6/c1-2-20-37(29-12-7-8-13-29)23-30-22-31(26-18-16-25(24-38)17-19-26)43-34(42-30)27-10-9-11-28(21-27)35-32(39)14-5-3-4-6-15-33(40)36-41/h2,9-11,16-19,21,29-31,34,38,41H,1,3-8,12-15,20,22-24H2,(H,35,39)(H,36,40). The Morgan fingerprint density at radius 1 is 0.953 bits per heavy atom. The second-order valence-electron chi connectivity index (χ2n) is 11.7. The van der Waals surface area contributed by atoms with E-state index in [0.717, 1.165) is 55.5 Å². The molecule has 1 saturated carbocycles. The Bertz CT molecular complexity index is 1170. The van der Waals surface area contributed by atoms with Gasteiger partial charge in [-0.15, -0.1) is 6.58 Å². The van der Waals surface area contributed by atoms with Gasteiger partial charge >= 0.3 is 0 Å². The minimum Gasteiger partial charge on any atom is -0.392 e. The van der Waals surface area contributed by atoms with Gasteiger partial charge in [0.2, 0.25) is 11.8 Å². The molecule has 0 aromatic heterocycles. The van der Waals surface area contributed by atoms with Crippen molar-refractivity contribution in [2.75, 3.05) is 18.4 Å². The lowest BCUT2D eigenvalue weighted by molar-refractivity contribution is -0.253. The zero-order chi connectivity index (χ0) is 30.4. The molecule has 1 heterocycles. The summed E-state index contributed by atoms with van der Waals surface area (Å²) < 4.78 is 13.1. The van der Waals surface area contributed by atoms with Crippen molar-refractivity contribution >= 4 is 17.5 Å². The zero-order valence-electron chi connectivity index (χ0n) is 25.1. The molecule has 2 aromatic carbocycles. The Balaban J connectivity index is 1.41. The maximum absolute atomic E-state index is 12.6. The van der Waals surface area contributed by atoms with Gasteiger partial charge in [-0.2, -0.15) is 0 Å². The van der Waals surface area contributed by atoms with Gasteiger partial charge in [0.05, 0.1) is 18.8 Å². The van der Waals surface area contributed by atoms with Gasteiger partial charge in [0.15, 0.2) is 6.29 Å². The average molecular weight is 594 g/mol. The van der Waals surface area contributed by atoms with Crippen LogP contribution in [0.1, 0.15) is 99.7 Å². The third-order valence-electron chi connectivity index (χ3n) is 8.38. The van der Waals surface area contributed by atoms with Gasteiger partial charge in [-0.05, 0) is 48.9 Å². The Hall–Kier alpha value is -3.08. The average Bonchev–Trinajstić information content (AvgIpc) is 3.58. The van der Waals surface area contributed by atoms with Gasteiger partial charge in [0, 0.05) is 49.6 Å². The topological polar surface area (TPSA) is 120 Å². The molecule has 0 bridgehead atoms. The van der Waals surface area contributed by atoms with E-state index in [4.69, 9.17) is 14.7 Å². The molecular formula is C34H47N3O6. The second kappa shape index (κ2) is 17.3. The van der Waals surface area contributed by atoms with Gasteiger partial charge in [-0.1, -0.05) is 68.2 Å². The first kappa shape index (κ1) is 32.8. The minimum atomic E-state index is -0.594. The fourth-order valence-electron chi connectivity index (χ4n) is 6.07. The Morgan fingerprint density at radius 2 is 1.67 bits per heavy atom. The molecule has 4 rings (SSSR count). The first-order valence-electron chi connectivity index (χ1n) is 15.7. The number of hydroxylamine groups is 1. The maximum Gasteiger partial charge on any atom is 0.243 e. The SMILES string of the molecule is C=CCN(CC1CC(c2ccc(CO)cc2)OC(c2cccc(NC(=O)CCCCCCC(=O)NO)c2)O1)C1CCCC1. The van der Waals surface area contributed by atoms with Crippen LogP contribution in [0.5, 0.6) is 0 Å². The van der Waals surface area contributed by atoms with Gasteiger partial charge in [-0.3, -0.25) is 19.7 Å². The smallest absolute Gasteiger partial charge is 0.243 e. The number of nitrogens with zero attached hydrogens (tertiary/aromatic N) is 1.